The predicted molar refractivity (Wildman–Crippen MR) is 127 cm³/mol. The van der Waals surface area contributed by atoms with E-state index in [1.807, 2.05) is 0 Å². The summed E-state index contributed by atoms with van der Waals surface area (Å²) in [6.07, 6.45) is 0. The Bertz CT molecular complexity index is 1270. The summed E-state index contributed by atoms with van der Waals surface area (Å²) in [6.45, 7) is 3.59. The summed E-state index contributed by atoms with van der Waals surface area (Å²) in [5, 5.41) is 10.1. The molecule has 2 aromatic carbocycles. The van der Waals surface area contributed by atoms with E-state index in [0.29, 0.717) is 11.1 Å². The summed E-state index contributed by atoms with van der Waals surface area (Å²) in [5.41, 5.74) is 7.86. The molecule has 1 aliphatic rings. The molecule has 0 aliphatic carbocycles. The maximum Gasteiger partial charge on any atom is 0.355 e. The lowest BCUT2D eigenvalue weighted by Crippen LogP contribution is -2.40. The molecule has 1 aliphatic heterocycles. The van der Waals surface area contributed by atoms with Gasteiger partial charge in [0.25, 0.3) is 0 Å². The number of methoxy groups -OCH3 is 2. The highest BCUT2D eigenvalue weighted by atomic mass is 16.5. The summed E-state index contributed by atoms with van der Waals surface area (Å²) < 4.78 is 15.2. The molecule has 0 amide bonds. The number of nitrogens with zero attached hydrogens (tertiary/aromatic N) is 2. The Morgan fingerprint density at radius 3 is 2.26 bits per heavy atom. The van der Waals surface area contributed by atoms with Crippen molar-refractivity contribution in [3.8, 4) is 6.07 Å². The number of nitrogens with two attached hydrogens (primary N) is 1. The fraction of sp³-hybridized carbons (Fsp3) is 0.231. The molecule has 1 atom stereocenters. The molecular formula is C26H25N3O6. The maximum atomic E-state index is 13.1. The first kappa shape index (κ1) is 25.1. The zero-order chi connectivity index (χ0) is 25.7. The fourth-order valence-corrected chi connectivity index (χ4v) is 3.96. The largest absolute Gasteiger partial charge is 0.466 e. The number of carbonyl (C=O) groups excluding carboxylic acids is 3. The van der Waals surface area contributed by atoms with Crippen LogP contribution in [0.3, 0.4) is 0 Å². The van der Waals surface area contributed by atoms with Gasteiger partial charge < -0.3 is 19.9 Å². The highest BCUT2D eigenvalue weighted by Crippen LogP contribution is 2.43. The molecule has 0 fully saturated rings. The van der Waals surface area contributed by atoms with Gasteiger partial charge in [0.2, 0.25) is 0 Å². The van der Waals surface area contributed by atoms with E-state index < -0.39 is 23.8 Å². The summed E-state index contributed by atoms with van der Waals surface area (Å²) in [6, 6.07) is 15.5. The van der Waals surface area contributed by atoms with Crippen molar-refractivity contribution in [2.45, 2.75) is 19.8 Å². The third-order valence-electron chi connectivity index (χ3n) is 5.59. The molecule has 180 valence electrons. The zero-order valence-electron chi connectivity index (χ0n) is 19.8. The number of esters is 3. The molecule has 0 spiro atoms. The molecule has 0 bridgehead atoms. The first-order valence-electron chi connectivity index (χ1n) is 10.7. The Labute approximate surface area is 203 Å². The monoisotopic (exact) mass is 475 g/mol. The molecule has 2 aromatic rings. The molecule has 0 saturated heterocycles. The van der Waals surface area contributed by atoms with Gasteiger partial charge in [0, 0.05) is 5.69 Å². The predicted octanol–water partition coefficient (Wildman–Crippen LogP) is 3.07. The van der Waals surface area contributed by atoms with Crippen molar-refractivity contribution in [2.24, 2.45) is 5.73 Å². The van der Waals surface area contributed by atoms with E-state index in [0.717, 1.165) is 0 Å². The minimum Gasteiger partial charge on any atom is -0.466 e. The smallest absolute Gasteiger partial charge is 0.355 e. The summed E-state index contributed by atoms with van der Waals surface area (Å²) >= 11 is 0. The van der Waals surface area contributed by atoms with Crippen LogP contribution in [0.25, 0.3) is 0 Å². The number of rotatable bonds is 6. The SMILES string of the molecule is CCOC(=O)c1cc(N2C(N)=C(C#N)C(c3ccccc3)C(C(=O)OC)=C2C(=O)OC)ccc1C. The van der Waals surface area contributed by atoms with Crippen molar-refractivity contribution in [1.82, 2.24) is 0 Å². The minimum atomic E-state index is -0.978. The second-order valence-corrected chi connectivity index (χ2v) is 7.55. The van der Waals surface area contributed by atoms with E-state index in [4.69, 9.17) is 19.9 Å². The van der Waals surface area contributed by atoms with Crippen LogP contribution < -0.4 is 10.6 Å². The Kier molecular flexibility index (Phi) is 7.56. The first-order chi connectivity index (χ1) is 16.8. The Hall–Kier alpha value is -4.58. The number of anilines is 1. The van der Waals surface area contributed by atoms with Gasteiger partial charge in [-0.25, -0.2) is 14.4 Å². The van der Waals surface area contributed by atoms with Gasteiger partial charge in [-0.1, -0.05) is 36.4 Å². The van der Waals surface area contributed by atoms with Gasteiger partial charge in [0.15, 0.2) is 0 Å². The van der Waals surface area contributed by atoms with Gasteiger partial charge in [0.1, 0.15) is 11.5 Å². The number of ether oxygens (including phenoxy) is 3. The van der Waals surface area contributed by atoms with Crippen molar-refractivity contribution in [2.75, 3.05) is 25.7 Å². The van der Waals surface area contributed by atoms with E-state index in [1.165, 1.54) is 25.2 Å². The summed E-state index contributed by atoms with van der Waals surface area (Å²) in [5.74, 6) is -3.33. The number of aryl methyl sites for hydroxylation is 1. The van der Waals surface area contributed by atoms with Crippen molar-refractivity contribution < 1.29 is 28.6 Å². The van der Waals surface area contributed by atoms with Crippen molar-refractivity contribution in [3.05, 3.63) is 87.9 Å². The Morgan fingerprint density at radius 1 is 1.03 bits per heavy atom. The van der Waals surface area contributed by atoms with Crippen LogP contribution in [0.1, 0.15) is 34.3 Å². The molecule has 0 aromatic heterocycles. The van der Waals surface area contributed by atoms with Crippen molar-refractivity contribution in [1.29, 1.82) is 5.26 Å². The van der Waals surface area contributed by atoms with Crippen LogP contribution in [0.4, 0.5) is 5.69 Å². The number of carbonyl (C=O) groups is 3. The number of nitriles is 1. The number of hydrogen-bond donors (Lipinski definition) is 1. The van der Waals surface area contributed by atoms with Gasteiger partial charge in [-0.3, -0.25) is 4.90 Å². The second kappa shape index (κ2) is 10.6. The van der Waals surface area contributed by atoms with E-state index in [9.17, 15) is 19.6 Å². The van der Waals surface area contributed by atoms with Crippen LogP contribution in [0.15, 0.2) is 71.2 Å². The molecule has 3 rings (SSSR count). The van der Waals surface area contributed by atoms with E-state index in [1.54, 1.807) is 56.3 Å². The fourth-order valence-electron chi connectivity index (χ4n) is 3.96. The lowest BCUT2D eigenvalue weighted by atomic mass is 9.81. The number of benzene rings is 2. The van der Waals surface area contributed by atoms with Crippen molar-refractivity contribution in [3.63, 3.8) is 0 Å². The van der Waals surface area contributed by atoms with Crippen LogP contribution in [-0.2, 0) is 23.8 Å². The quantitative estimate of drug-likeness (QED) is 0.494. The van der Waals surface area contributed by atoms with Gasteiger partial charge in [-0.15, -0.1) is 0 Å². The minimum absolute atomic E-state index is 0.0301. The third kappa shape index (κ3) is 4.59. The third-order valence-corrected chi connectivity index (χ3v) is 5.59. The topological polar surface area (TPSA) is 132 Å². The molecule has 1 unspecified atom stereocenters. The van der Waals surface area contributed by atoms with Crippen molar-refractivity contribution >= 4 is 23.6 Å². The number of allylic oxidation sites excluding steroid dienone is 1. The lowest BCUT2D eigenvalue weighted by Gasteiger charge is -2.36. The van der Waals surface area contributed by atoms with Gasteiger partial charge in [-0.05, 0) is 37.1 Å². The van der Waals surface area contributed by atoms with E-state index >= 15 is 0 Å². The van der Waals surface area contributed by atoms with E-state index in [-0.39, 0.29) is 40.5 Å². The molecule has 9 nitrogen and oxygen atoms in total. The molecule has 2 N–H and O–H groups in total. The molecule has 0 saturated carbocycles. The number of hydrogen-bond acceptors (Lipinski definition) is 9. The first-order valence-corrected chi connectivity index (χ1v) is 10.7. The highest BCUT2D eigenvalue weighted by molar-refractivity contribution is 6.06. The average molecular weight is 476 g/mol. The highest BCUT2D eigenvalue weighted by Gasteiger charge is 2.43. The zero-order valence-corrected chi connectivity index (χ0v) is 19.8. The van der Waals surface area contributed by atoms with Crippen LogP contribution >= 0.6 is 0 Å². The maximum absolute atomic E-state index is 13.1. The standard InChI is InChI=1S/C26H25N3O6/c1-5-35-24(30)18-13-17(12-11-15(18)2)29-22(26(32)34-4)21(25(31)33-3)20(19(14-27)23(29)28)16-9-7-6-8-10-16/h6-13,20H,5,28H2,1-4H3. The summed E-state index contributed by atoms with van der Waals surface area (Å²) in [7, 11) is 2.34. The Balaban J connectivity index is 2.38. The molecular weight excluding hydrogens is 450 g/mol. The average Bonchev–Trinajstić information content (AvgIpc) is 2.88. The second-order valence-electron chi connectivity index (χ2n) is 7.55. The molecule has 0 radical (unpaired) electrons. The van der Waals surface area contributed by atoms with Gasteiger partial charge >= 0.3 is 17.9 Å². The van der Waals surface area contributed by atoms with Crippen LogP contribution in [-0.4, -0.2) is 38.7 Å². The molecule has 35 heavy (non-hydrogen) atoms. The van der Waals surface area contributed by atoms with Crippen LogP contribution in [0.5, 0.6) is 0 Å². The normalized spacial score (nSPS) is 15.4. The lowest BCUT2D eigenvalue weighted by molar-refractivity contribution is -0.139. The summed E-state index contributed by atoms with van der Waals surface area (Å²) in [4.78, 5) is 39.9. The van der Waals surface area contributed by atoms with Gasteiger partial charge in [0.05, 0.1) is 49.5 Å². The Morgan fingerprint density at radius 2 is 1.69 bits per heavy atom. The van der Waals surface area contributed by atoms with Crippen LogP contribution in [0, 0.1) is 18.3 Å². The van der Waals surface area contributed by atoms with Gasteiger partial charge in [-0.2, -0.15) is 5.26 Å². The molecule has 9 heteroatoms. The van der Waals surface area contributed by atoms with Crippen LogP contribution in [0.2, 0.25) is 0 Å². The molecule has 1 heterocycles. The van der Waals surface area contributed by atoms with E-state index in [2.05, 4.69) is 6.07 Å².